The first-order valence-electron chi connectivity index (χ1n) is 8.41. The highest BCUT2D eigenvalue weighted by atomic mass is 35.5. The molecule has 0 amide bonds. The average Bonchev–Trinajstić information content (AvgIpc) is 3.12. The van der Waals surface area contributed by atoms with Gasteiger partial charge in [0, 0.05) is 22.6 Å². The van der Waals surface area contributed by atoms with Crippen molar-refractivity contribution in [3.8, 4) is 22.8 Å². The van der Waals surface area contributed by atoms with Crippen LogP contribution >= 0.6 is 22.9 Å². The maximum Gasteiger partial charge on any atom is 0.203 e. The molecule has 1 aromatic heterocycles. The summed E-state index contributed by atoms with van der Waals surface area (Å²) in [4.78, 5) is 4.53. The van der Waals surface area contributed by atoms with Crippen LogP contribution in [0.3, 0.4) is 0 Å². The molecular weight excluding hydrogens is 382 g/mol. The Morgan fingerprint density at radius 3 is 2.67 bits per heavy atom. The zero-order chi connectivity index (χ0) is 19.2. The van der Waals surface area contributed by atoms with Gasteiger partial charge in [0.25, 0.3) is 0 Å². The number of rotatable bonds is 7. The quantitative estimate of drug-likeness (QED) is 0.407. The van der Waals surface area contributed by atoms with Crippen LogP contribution < -0.4 is 14.9 Å². The highest BCUT2D eigenvalue weighted by molar-refractivity contribution is 7.14. The van der Waals surface area contributed by atoms with Gasteiger partial charge in [0.05, 0.1) is 30.1 Å². The summed E-state index contributed by atoms with van der Waals surface area (Å²) in [7, 11) is 1.59. The van der Waals surface area contributed by atoms with Crippen LogP contribution in [0.4, 0.5) is 5.13 Å². The van der Waals surface area contributed by atoms with Crippen molar-refractivity contribution in [2.75, 3.05) is 12.5 Å². The molecule has 0 aliphatic rings. The van der Waals surface area contributed by atoms with Crippen molar-refractivity contribution >= 4 is 34.3 Å². The maximum atomic E-state index is 6.34. The molecule has 1 heterocycles. The SMILES string of the molecule is COc1cc(C=NNc2nc(-c3ccccc3)cs2)c(Cl)cc1OC(C)C. The summed E-state index contributed by atoms with van der Waals surface area (Å²) in [5.41, 5.74) is 5.64. The van der Waals surface area contributed by atoms with E-state index in [1.165, 1.54) is 11.3 Å². The van der Waals surface area contributed by atoms with Gasteiger partial charge in [-0.15, -0.1) is 11.3 Å². The van der Waals surface area contributed by atoms with Crippen LogP contribution in [0.25, 0.3) is 11.3 Å². The third-order valence-corrected chi connectivity index (χ3v) is 4.66. The van der Waals surface area contributed by atoms with Gasteiger partial charge in [-0.05, 0) is 19.9 Å². The van der Waals surface area contributed by atoms with E-state index in [9.17, 15) is 0 Å². The molecule has 0 saturated heterocycles. The first-order valence-corrected chi connectivity index (χ1v) is 9.67. The number of nitrogens with zero attached hydrogens (tertiary/aromatic N) is 2. The Labute approximate surface area is 167 Å². The Bertz CT molecular complexity index is 926. The minimum atomic E-state index is 0.0277. The molecule has 0 radical (unpaired) electrons. The van der Waals surface area contributed by atoms with Gasteiger partial charge >= 0.3 is 0 Å². The molecule has 0 fully saturated rings. The Balaban J connectivity index is 1.72. The summed E-state index contributed by atoms with van der Waals surface area (Å²) in [5, 5.41) is 7.46. The van der Waals surface area contributed by atoms with E-state index < -0.39 is 0 Å². The smallest absolute Gasteiger partial charge is 0.203 e. The number of hydrazone groups is 1. The van der Waals surface area contributed by atoms with Gasteiger partial charge in [-0.2, -0.15) is 5.10 Å². The second-order valence-corrected chi connectivity index (χ2v) is 7.23. The minimum Gasteiger partial charge on any atom is -0.493 e. The number of ether oxygens (including phenoxy) is 2. The van der Waals surface area contributed by atoms with Gasteiger partial charge in [-0.1, -0.05) is 41.9 Å². The summed E-state index contributed by atoms with van der Waals surface area (Å²) < 4.78 is 11.1. The predicted molar refractivity (Wildman–Crippen MR) is 113 cm³/mol. The number of nitrogens with one attached hydrogen (secondary N) is 1. The number of aromatic nitrogens is 1. The largest absolute Gasteiger partial charge is 0.493 e. The van der Waals surface area contributed by atoms with E-state index in [4.69, 9.17) is 21.1 Å². The standard InChI is InChI=1S/C20H20ClN3O2S/c1-13(2)26-19-10-16(21)15(9-18(19)25-3)11-22-24-20-23-17(12-27-20)14-7-5-4-6-8-14/h4-13H,1-3H3,(H,23,24). The van der Waals surface area contributed by atoms with Gasteiger partial charge in [-0.25, -0.2) is 4.98 Å². The molecule has 5 nitrogen and oxygen atoms in total. The lowest BCUT2D eigenvalue weighted by molar-refractivity contribution is 0.230. The lowest BCUT2D eigenvalue weighted by Crippen LogP contribution is -2.07. The van der Waals surface area contributed by atoms with Crippen LogP contribution in [0.1, 0.15) is 19.4 Å². The second-order valence-electron chi connectivity index (χ2n) is 5.97. The summed E-state index contributed by atoms with van der Waals surface area (Å²) >= 11 is 7.83. The van der Waals surface area contributed by atoms with Gasteiger partial charge in [0.1, 0.15) is 0 Å². The lowest BCUT2D eigenvalue weighted by atomic mass is 10.2. The van der Waals surface area contributed by atoms with Crippen LogP contribution in [0.15, 0.2) is 52.9 Å². The van der Waals surface area contributed by atoms with Crippen molar-refractivity contribution in [2.24, 2.45) is 5.10 Å². The fraction of sp³-hybridized carbons (Fsp3) is 0.200. The molecule has 2 aromatic carbocycles. The number of hydrogen-bond donors (Lipinski definition) is 1. The predicted octanol–water partition coefficient (Wildman–Crippen LogP) is 5.71. The molecule has 27 heavy (non-hydrogen) atoms. The number of anilines is 1. The molecule has 0 saturated carbocycles. The number of hydrogen-bond acceptors (Lipinski definition) is 6. The van der Waals surface area contributed by atoms with Crippen molar-refractivity contribution < 1.29 is 9.47 Å². The number of thiazole rings is 1. The number of halogens is 1. The lowest BCUT2D eigenvalue weighted by Gasteiger charge is -2.14. The summed E-state index contributed by atoms with van der Waals surface area (Å²) in [6.07, 6.45) is 1.66. The topological polar surface area (TPSA) is 55.7 Å². The fourth-order valence-electron chi connectivity index (χ4n) is 2.38. The minimum absolute atomic E-state index is 0.0277. The van der Waals surface area contributed by atoms with Crippen molar-refractivity contribution in [3.63, 3.8) is 0 Å². The molecular formula is C20H20ClN3O2S. The van der Waals surface area contributed by atoms with E-state index in [1.807, 2.05) is 49.6 Å². The van der Waals surface area contributed by atoms with Gasteiger partial charge < -0.3 is 9.47 Å². The molecule has 0 bridgehead atoms. The first kappa shape index (κ1) is 19.2. The van der Waals surface area contributed by atoms with Crippen LogP contribution in [0, 0.1) is 0 Å². The van der Waals surface area contributed by atoms with Gasteiger partial charge in [0.15, 0.2) is 11.5 Å². The Morgan fingerprint density at radius 2 is 1.96 bits per heavy atom. The van der Waals surface area contributed by atoms with E-state index >= 15 is 0 Å². The first-order chi connectivity index (χ1) is 13.1. The van der Waals surface area contributed by atoms with E-state index in [0.717, 1.165) is 16.8 Å². The summed E-state index contributed by atoms with van der Waals surface area (Å²) in [6, 6.07) is 13.5. The second kappa shape index (κ2) is 8.88. The number of benzene rings is 2. The normalized spacial score (nSPS) is 11.1. The van der Waals surface area contributed by atoms with Crippen molar-refractivity contribution in [2.45, 2.75) is 20.0 Å². The molecule has 0 aliphatic carbocycles. The summed E-state index contributed by atoms with van der Waals surface area (Å²) in [5.74, 6) is 1.21. The highest BCUT2D eigenvalue weighted by Gasteiger charge is 2.11. The zero-order valence-corrected chi connectivity index (χ0v) is 16.8. The molecule has 140 valence electrons. The van der Waals surface area contributed by atoms with E-state index in [2.05, 4.69) is 15.5 Å². The third kappa shape index (κ3) is 4.99. The Morgan fingerprint density at radius 1 is 1.19 bits per heavy atom. The highest BCUT2D eigenvalue weighted by Crippen LogP contribution is 2.33. The van der Waals surface area contributed by atoms with Crippen LogP contribution in [-0.2, 0) is 0 Å². The maximum absolute atomic E-state index is 6.34. The fourth-order valence-corrected chi connectivity index (χ4v) is 3.25. The third-order valence-electron chi connectivity index (χ3n) is 3.58. The zero-order valence-electron chi connectivity index (χ0n) is 15.3. The molecule has 0 atom stereocenters. The molecule has 1 N–H and O–H groups in total. The van der Waals surface area contributed by atoms with E-state index in [0.29, 0.717) is 21.7 Å². The van der Waals surface area contributed by atoms with E-state index in [-0.39, 0.29) is 6.10 Å². The molecule has 3 aromatic rings. The molecule has 3 rings (SSSR count). The molecule has 7 heteroatoms. The van der Waals surface area contributed by atoms with Crippen molar-refractivity contribution in [3.05, 3.63) is 58.4 Å². The van der Waals surface area contributed by atoms with Gasteiger partial charge in [0.2, 0.25) is 5.13 Å². The molecule has 0 aliphatic heterocycles. The van der Waals surface area contributed by atoms with Gasteiger partial charge in [-0.3, -0.25) is 5.43 Å². The van der Waals surface area contributed by atoms with Crippen LogP contribution in [0.5, 0.6) is 11.5 Å². The average molecular weight is 402 g/mol. The summed E-state index contributed by atoms with van der Waals surface area (Å²) in [6.45, 7) is 3.90. The van der Waals surface area contributed by atoms with Crippen LogP contribution in [0.2, 0.25) is 5.02 Å². The molecule has 0 spiro atoms. The Kier molecular flexibility index (Phi) is 6.32. The molecule has 0 unspecified atom stereocenters. The number of methoxy groups -OCH3 is 1. The van der Waals surface area contributed by atoms with Crippen molar-refractivity contribution in [1.29, 1.82) is 0 Å². The Hall–Kier alpha value is -2.57. The van der Waals surface area contributed by atoms with E-state index in [1.54, 1.807) is 25.5 Å². The van der Waals surface area contributed by atoms with Crippen molar-refractivity contribution in [1.82, 2.24) is 4.98 Å². The monoisotopic (exact) mass is 401 g/mol. The van der Waals surface area contributed by atoms with Crippen LogP contribution in [-0.4, -0.2) is 24.4 Å².